The van der Waals surface area contributed by atoms with E-state index in [1.165, 1.54) is 14.0 Å². The highest BCUT2D eigenvalue weighted by Crippen LogP contribution is 2.46. The fourth-order valence-corrected chi connectivity index (χ4v) is 7.32. The van der Waals surface area contributed by atoms with Crippen LogP contribution in [0.25, 0.3) is 0 Å². The van der Waals surface area contributed by atoms with Gasteiger partial charge in [0, 0.05) is 59.7 Å². The first kappa shape index (κ1) is 30.5. The predicted octanol–water partition coefficient (Wildman–Crippen LogP) is 6.56. The van der Waals surface area contributed by atoms with E-state index in [0.717, 1.165) is 85.4 Å². The Morgan fingerprint density at radius 1 is 1.04 bits per heavy atom. The monoisotopic (exact) mass is 608 g/mol. The molecule has 5 heterocycles. The Kier molecular flexibility index (Phi) is 7.75. The molecule has 45 heavy (non-hydrogen) atoms. The second-order valence-corrected chi connectivity index (χ2v) is 12.4. The molecule has 2 N–H and O–H groups in total. The maximum Gasteiger partial charge on any atom is 0.305 e. The third-order valence-electron chi connectivity index (χ3n) is 9.74. The molecule has 0 saturated carbocycles. The standard InChI is InChI=1S/C36H40N4O5/c1-9-22-16(2)25-15-30-33(20(6)45-21(7)41)18(4)27(38-30)13-26-17(3)23(10-11-32(43)44-8)35(39-26)24-12-31(42)34-19(5)28(40-36(24)34)14-29(22)37-25/h13-15,17,20,23,39,42H,9-12H2,1-8H3/t17-,20+,23-/m0/s1. The maximum absolute atomic E-state index is 12.2. The summed E-state index contributed by atoms with van der Waals surface area (Å²) in [6.07, 6.45) is 7.55. The molecule has 0 spiro atoms. The number of nitrogens with zero attached hydrogens (tertiary/aromatic N) is 3. The Labute approximate surface area is 264 Å². The lowest BCUT2D eigenvalue weighted by molar-refractivity contribution is -0.144. The van der Waals surface area contributed by atoms with Gasteiger partial charge in [0.25, 0.3) is 0 Å². The summed E-state index contributed by atoms with van der Waals surface area (Å²) in [4.78, 5) is 39.5. The van der Waals surface area contributed by atoms with Crippen molar-refractivity contribution in [2.45, 2.75) is 80.3 Å². The number of carbonyl (C=O) groups excluding carboxylic acids is 2. The van der Waals surface area contributed by atoms with E-state index >= 15 is 0 Å². The van der Waals surface area contributed by atoms with Crippen molar-refractivity contribution < 1.29 is 24.2 Å². The van der Waals surface area contributed by atoms with Gasteiger partial charge in [-0.2, -0.15) is 0 Å². The molecule has 1 saturated heterocycles. The first-order valence-corrected chi connectivity index (χ1v) is 15.6. The normalized spacial score (nSPS) is 24.4. The Bertz CT molecular complexity index is 1800. The number of aliphatic hydroxyl groups excluding tert-OH is 1. The molecule has 0 amide bonds. The third kappa shape index (κ3) is 5.08. The molecule has 0 unspecified atom stereocenters. The largest absolute Gasteiger partial charge is 0.511 e. The van der Waals surface area contributed by atoms with Gasteiger partial charge in [0.15, 0.2) is 0 Å². The average Bonchev–Trinajstić information content (AvgIpc) is 3.74. The van der Waals surface area contributed by atoms with Crippen LogP contribution in [0.1, 0.15) is 74.1 Å². The van der Waals surface area contributed by atoms with Crippen molar-refractivity contribution >= 4 is 29.1 Å². The van der Waals surface area contributed by atoms with E-state index in [-0.39, 0.29) is 30.2 Å². The zero-order chi connectivity index (χ0) is 32.3. The van der Waals surface area contributed by atoms with Gasteiger partial charge in [-0.05, 0) is 81.1 Å². The number of ether oxygens (including phenoxy) is 2. The van der Waals surface area contributed by atoms with Gasteiger partial charge in [-0.25, -0.2) is 15.0 Å². The molecule has 3 atom stereocenters. The third-order valence-corrected chi connectivity index (χ3v) is 9.74. The van der Waals surface area contributed by atoms with E-state index in [1.807, 2.05) is 32.9 Å². The van der Waals surface area contributed by atoms with E-state index in [0.29, 0.717) is 24.3 Å². The summed E-state index contributed by atoms with van der Waals surface area (Å²) >= 11 is 0. The van der Waals surface area contributed by atoms with Crippen LogP contribution in [0.3, 0.4) is 0 Å². The van der Waals surface area contributed by atoms with Gasteiger partial charge in [-0.3, -0.25) is 9.59 Å². The molecule has 9 heteroatoms. The van der Waals surface area contributed by atoms with Crippen molar-refractivity contribution in [1.29, 1.82) is 0 Å². The minimum absolute atomic E-state index is 0.0206. The highest BCUT2D eigenvalue weighted by molar-refractivity contribution is 6.21. The van der Waals surface area contributed by atoms with Gasteiger partial charge < -0.3 is 19.9 Å². The van der Waals surface area contributed by atoms with Crippen molar-refractivity contribution in [3.63, 3.8) is 0 Å². The number of hydrogen-bond acceptors (Lipinski definition) is 9. The molecule has 0 radical (unpaired) electrons. The van der Waals surface area contributed by atoms with Crippen LogP contribution in [0.5, 0.6) is 0 Å². The lowest BCUT2D eigenvalue weighted by Gasteiger charge is -2.17. The van der Waals surface area contributed by atoms with E-state index < -0.39 is 6.10 Å². The Hall–Kier alpha value is -4.53. The number of hydrogen-bond donors (Lipinski definition) is 2. The van der Waals surface area contributed by atoms with Gasteiger partial charge in [0.2, 0.25) is 0 Å². The lowest BCUT2D eigenvalue weighted by atomic mass is 9.86. The van der Waals surface area contributed by atoms with E-state index in [2.05, 4.69) is 32.2 Å². The quantitative estimate of drug-likeness (QED) is 0.329. The van der Waals surface area contributed by atoms with Crippen molar-refractivity contribution in [1.82, 2.24) is 5.32 Å². The number of rotatable bonds is 6. The minimum Gasteiger partial charge on any atom is -0.511 e. The zero-order valence-electron chi connectivity index (χ0n) is 27.2. The van der Waals surface area contributed by atoms with E-state index in [9.17, 15) is 14.7 Å². The Morgan fingerprint density at radius 2 is 1.76 bits per heavy atom. The number of fused-ring (bicyclic) bond motifs is 5. The molecular formula is C36H40N4O5. The van der Waals surface area contributed by atoms with Gasteiger partial charge >= 0.3 is 11.9 Å². The van der Waals surface area contributed by atoms with Crippen LogP contribution in [0.2, 0.25) is 0 Å². The van der Waals surface area contributed by atoms with Crippen LogP contribution < -0.4 is 5.32 Å². The topological polar surface area (TPSA) is 122 Å². The van der Waals surface area contributed by atoms with Crippen LogP contribution in [0.15, 0.2) is 106 Å². The fourth-order valence-electron chi connectivity index (χ4n) is 7.32. The predicted molar refractivity (Wildman–Crippen MR) is 175 cm³/mol. The first-order valence-electron chi connectivity index (χ1n) is 15.6. The minimum atomic E-state index is -0.508. The second kappa shape index (κ2) is 11.4. The highest BCUT2D eigenvalue weighted by Gasteiger charge is 2.41. The summed E-state index contributed by atoms with van der Waals surface area (Å²) in [5.74, 6) is -0.325. The SMILES string of the molecule is CCC1=C(C)C2=NC1=CC1=C(C)C3=C(O)CC(=C4NC(=CC5=NC(=C2)C([C@@H](C)OC(C)=O)=C5C)[C@@H](C)[C@@H]4CCC(=O)OC)C3=N1. The molecule has 6 aliphatic rings. The number of nitrogens with one attached hydrogen (secondary N) is 1. The molecule has 0 aromatic rings. The van der Waals surface area contributed by atoms with E-state index in [4.69, 9.17) is 24.5 Å². The molecule has 1 fully saturated rings. The van der Waals surface area contributed by atoms with Gasteiger partial charge in [-0.1, -0.05) is 13.8 Å². The molecule has 8 bridgehead atoms. The van der Waals surface area contributed by atoms with Crippen molar-refractivity contribution in [3.05, 3.63) is 91.5 Å². The van der Waals surface area contributed by atoms with Crippen LogP contribution in [-0.2, 0) is 19.1 Å². The summed E-state index contributed by atoms with van der Waals surface area (Å²) in [5.41, 5.74) is 13.2. The fraction of sp³-hybridized carbons (Fsp3) is 0.417. The zero-order valence-corrected chi connectivity index (χ0v) is 27.2. The molecule has 234 valence electrons. The highest BCUT2D eigenvalue weighted by atomic mass is 16.5. The van der Waals surface area contributed by atoms with Crippen LogP contribution in [0.4, 0.5) is 0 Å². The number of methoxy groups -OCH3 is 1. The van der Waals surface area contributed by atoms with Crippen LogP contribution in [0, 0.1) is 11.8 Å². The Balaban J connectivity index is 1.59. The van der Waals surface area contributed by atoms with Gasteiger partial charge in [0.05, 0.1) is 41.3 Å². The summed E-state index contributed by atoms with van der Waals surface area (Å²) in [6, 6.07) is 0. The first-order chi connectivity index (χ1) is 21.4. The molecular weight excluding hydrogens is 568 g/mol. The molecule has 1 aliphatic carbocycles. The number of aliphatic hydroxyl groups is 1. The second-order valence-electron chi connectivity index (χ2n) is 12.4. The number of aliphatic imine (C=N–C) groups is 3. The van der Waals surface area contributed by atoms with Crippen molar-refractivity contribution in [2.75, 3.05) is 7.11 Å². The smallest absolute Gasteiger partial charge is 0.305 e. The molecule has 5 aliphatic heterocycles. The van der Waals surface area contributed by atoms with Crippen LogP contribution >= 0.6 is 0 Å². The average molecular weight is 609 g/mol. The van der Waals surface area contributed by atoms with Crippen LogP contribution in [-0.4, -0.2) is 47.4 Å². The van der Waals surface area contributed by atoms with E-state index in [1.54, 1.807) is 0 Å². The summed E-state index contributed by atoms with van der Waals surface area (Å²) in [7, 11) is 1.41. The Morgan fingerprint density at radius 3 is 2.44 bits per heavy atom. The summed E-state index contributed by atoms with van der Waals surface area (Å²) in [6.45, 7) is 13.6. The van der Waals surface area contributed by atoms with Gasteiger partial charge in [0.1, 0.15) is 11.9 Å². The molecule has 0 aromatic carbocycles. The lowest BCUT2D eigenvalue weighted by Crippen LogP contribution is -2.17. The molecule has 0 aromatic heterocycles. The summed E-state index contributed by atoms with van der Waals surface area (Å²) in [5, 5.41) is 14.9. The molecule has 6 rings (SSSR count). The van der Waals surface area contributed by atoms with Crippen molar-refractivity contribution in [2.24, 2.45) is 26.8 Å². The van der Waals surface area contributed by atoms with Crippen molar-refractivity contribution in [3.8, 4) is 0 Å². The number of allylic oxidation sites excluding steroid dienone is 11. The number of carbonyl (C=O) groups is 2. The van der Waals surface area contributed by atoms with Gasteiger partial charge in [-0.15, -0.1) is 0 Å². The number of esters is 2. The molecule has 9 nitrogen and oxygen atoms in total. The summed E-state index contributed by atoms with van der Waals surface area (Å²) < 4.78 is 10.6. The maximum atomic E-state index is 12.2.